The average molecular weight is 307 g/mol. The molecule has 3 rings (SSSR count). The summed E-state index contributed by atoms with van der Waals surface area (Å²) in [5.74, 6) is 1.30. The number of halogens is 1. The number of tetrazole rings is 1. The molecule has 0 spiro atoms. The fourth-order valence-corrected chi connectivity index (χ4v) is 2.48. The van der Waals surface area contributed by atoms with Crippen LogP contribution in [0.15, 0.2) is 41.8 Å². The lowest BCUT2D eigenvalue weighted by atomic mass is 10.3. The highest BCUT2D eigenvalue weighted by Gasteiger charge is 2.06. The van der Waals surface area contributed by atoms with Gasteiger partial charge in [0.15, 0.2) is 0 Å². The van der Waals surface area contributed by atoms with Crippen molar-refractivity contribution >= 4 is 22.9 Å². The highest BCUT2D eigenvalue weighted by molar-refractivity contribution is 7.13. The summed E-state index contributed by atoms with van der Waals surface area (Å²) >= 11 is 7.59. The first-order valence-electron chi connectivity index (χ1n) is 6.02. The van der Waals surface area contributed by atoms with E-state index in [2.05, 4.69) is 15.4 Å². The van der Waals surface area contributed by atoms with Gasteiger partial charge in [0.05, 0.1) is 16.4 Å². The molecule has 0 atom stereocenters. The molecule has 0 aliphatic rings. The smallest absolute Gasteiger partial charge is 0.214 e. The molecular formula is C13H11ClN4OS. The number of nitrogens with zero attached hydrogens (tertiary/aromatic N) is 4. The molecule has 5 nitrogen and oxygen atoms in total. The van der Waals surface area contributed by atoms with Crippen molar-refractivity contribution in [3.05, 3.63) is 46.8 Å². The predicted octanol–water partition coefficient (Wildman–Crippen LogP) is 3.13. The molecule has 0 unspecified atom stereocenters. The second kappa shape index (κ2) is 6.02. The maximum Gasteiger partial charge on any atom is 0.214 e. The average Bonchev–Trinajstić information content (AvgIpc) is 3.11. The Balaban J connectivity index is 1.58. The van der Waals surface area contributed by atoms with Crippen molar-refractivity contribution in [3.8, 4) is 16.5 Å². The molecule has 0 aliphatic heterocycles. The molecule has 1 aromatic carbocycles. The third-order valence-corrected chi connectivity index (χ3v) is 3.76. The van der Waals surface area contributed by atoms with Crippen LogP contribution in [-0.4, -0.2) is 26.8 Å². The Morgan fingerprint density at radius 2 is 2.10 bits per heavy atom. The monoisotopic (exact) mass is 306 g/mol. The molecule has 0 bridgehead atoms. The Bertz CT molecular complexity index is 683. The van der Waals surface area contributed by atoms with Gasteiger partial charge >= 0.3 is 0 Å². The first kappa shape index (κ1) is 13.1. The van der Waals surface area contributed by atoms with Gasteiger partial charge in [0.25, 0.3) is 0 Å². The predicted molar refractivity (Wildman–Crippen MR) is 78.1 cm³/mol. The van der Waals surface area contributed by atoms with Crippen LogP contribution in [0.2, 0.25) is 5.02 Å². The fourth-order valence-electron chi connectivity index (χ4n) is 1.64. The summed E-state index contributed by atoms with van der Waals surface area (Å²) in [6, 6.07) is 11.3. The fraction of sp³-hybridized carbons (Fsp3) is 0.154. The van der Waals surface area contributed by atoms with Gasteiger partial charge in [-0.25, -0.2) is 0 Å². The maximum atomic E-state index is 6.00. The molecule has 0 N–H and O–H groups in total. The first-order valence-corrected chi connectivity index (χ1v) is 7.28. The Morgan fingerprint density at radius 3 is 2.90 bits per heavy atom. The molecule has 2 heterocycles. The third-order valence-electron chi connectivity index (χ3n) is 2.58. The van der Waals surface area contributed by atoms with Crippen LogP contribution in [-0.2, 0) is 6.54 Å². The van der Waals surface area contributed by atoms with Gasteiger partial charge < -0.3 is 4.74 Å². The summed E-state index contributed by atoms with van der Waals surface area (Å²) in [6.45, 7) is 0.952. The lowest BCUT2D eigenvalue weighted by Gasteiger charge is -2.06. The molecule has 3 aromatic rings. The quantitative estimate of drug-likeness (QED) is 0.726. The lowest BCUT2D eigenvalue weighted by molar-refractivity contribution is 0.280. The number of para-hydroxylation sites is 1. The molecule has 0 amide bonds. The van der Waals surface area contributed by atoms with Crippen LogP contribution < -0.4 is 4.74 Å². The molecule has 0 saturated heterocycles. The van der Waals surface area contributed by atoms with Crippen molar-refractivity contribution in [3.63, 3.8) is 0 Å². The van der Waals surface area contributed by atoms with Crippen molar-refractivity contribution < 1.29 is 4.74 Å². The minimum absolute atomic E-state index is 0.434. The summed E-state index contributed by atoms with van der Waals surface area (Å²) in [6.07, 6.45) is 0. The molecule has 7 heteroatoms. The van der Waals surface area contributed by atoms with Crippen LogP contribution in [0, 0.1) is 0 Å². The Kier molecular flexibility index (Phi) is 3.94. The van der Waals surface area contributed by atoms with E-state index < -0.39 is 0 Å². The van der Waals surface area contributed by atoms with E-state index in [1.54, 1.807) is 17.4 Å². The minimum Gasteiger partial charge on any atom is -0.490 e. The van der Waals surface area contributed by atoms with E-state index >= 15 is 0 Å². The minimum atomic E-state index is 0.434. The van der Waals surface area contributed by atoms with Crippen LogP contribution in [0.4, 0.5) is 0 Å². The van der Waals surface area contributed by atoms with Gasteiger partial charge in [0.1, 0.15) is 12.4 Å². The Hall–Kier alpha value is -1.92. The summed E-state index contributed by atoms with van der Waals surface area (Å²) in [4.78, 5) is 2.52. The topological polar surface area (TPSA) is 52.8 Å². The summed E-state index contributed by atoms with van der Waals surface area (Å²) in [5.41, 5.74) is 0. The van der Waals surface area contributed by atoms with Crippen molar-refractivity contribution in [1.82, 2.24) is 20.2 Å². The van der Waals surface area contributed by atoms with Crippen LogP contribution in [0.3, 0.4) is 0 Å². The number of aromatic nitrogens is 4. The highest BCUT2D eigenvalue weighted by atomic mass is 35.5. The molecule has 0 radical (unpaired) electrons. The van der Waals surface area contributed by atoms with Crippen molar-refractivity contribution in [2.24, 2.45) is 0 Å². The van der Waals surface area contributed by atoms with Crippen molar-refractivity contribution in [2.45, 2.75) is 6.54 Å². The van der Waals surface area contributed by atoms with E-state index in [1.165, 1.54) is 4.80 Å². The summed E-state index contributed by atoms with van der Waals surface area (Å²) in [7, 11) is 0. The molecule has 102 valence electrons. The number of benzene rings is 1. The second-order valence-corrected chi connectivity index (χ2v) is 5.32. The molecule has 20 heavy (non-hydrogen) atoms. The number of hydrogen-bond donors (Lipinski definition) is 0. The number of ether oxygens (including phenoxy) is 1. The van der Waals surface area contributed by atoms with Gasteiger partial charge in [-0.2, -0.15) is 4.80 Å². The summed E-state index contributed by atoms with van der Waals surface area (Å²) in [5, 5.41) is 14.9. The van der Waals surface area contributed by atoms with Gasteiger partial charge in [0.2, 0.25) is 5.82 Å². The molecule has 2 aromatic heterocycles. The Morgan fingerprint density at radius 1 is 1.20 bits per heavy atom. The maximum absolute atomic E-state index is 6.00. The van der Waals surface area contributed by atoms with Gasteiger partial charge in [0, 0.05) is 0 Å². The molecule has 0 aliphatic carbocycles. The van der Waals surface area contributed by atoms with E-state index in [0.29, 0.717) is 29.7 Å². The van der Waals surface area contributed by atoms with E-state index in [0.717, 1.165) is 4.88 Å². The number of hydrogen-bond acceptors (Lipinski definition) is 5. The van der Waals surface area contributed by atoms with Gasteiger partial charge in [-0.05, 0) is 28.8 Å². The number of rotatable bonds is 5. The van der Waals surface area contributed by atoms with Gasteiger partial charge in [-0.1, -0.05) is 29.8 Å². The second-order valence-electron chi connectivity index (χ2n) is 3.97. The molecule has 0 saturated carbocycles. The van der Waals surface area contributed by atoms with E-state index in [9.17, 15) is 0 Å². The van der Waals surface area contributed by atoms with Crippen LogP contribution >= 0.6 is 22.9 Å². The normalized spacial score (nSPS) is 10.7. The highest BCUT2D eigenvalue weighted by Crippen LogP contribution is 2.23. The molecule has 0 fully saturated rings. The van der Waals surface area contributed by atoms with E-state index in [-0.39, 0.29) is 0 Å². The zero-order valence-electron chi connectivity index (χ0n) is 10.4. The van der Waals surface area contributed by atoms with E-state index in [1.807, 2.05) is 35.7 Å². The SMILES string of the molecule is Clc1ccccc1OCCn1nnc(-c2cccs2)n1. The van der Waals surface area contributed by atoms with Crippen LogP contribution in [0.5, 0.6) is 5.75 Å². The van der Waals surface area contributed by atoms with E-state index in [4.69, 9.17) is 16.3 Å². The van der Waals surface area contributed by atoms with Crippen LogP contribution in [0.1, 0.15) is 0 Å². The Labute approximate surface area is 124 Å². The zero-order valence-corrected chi connectivity index (χ0v) is 12.0. The third kappa shape index (κ3) is 2.97. The van der Waals surface area contributed by atoms with Crippen molar-refractivity contribution in [2.75, 3.05) is 6.61 Å². The molecular weight excluding hydrogens is 296 g/mol. The first-order chi connectivity index (χ1) is 9.83. The van der Waals surface area contributed by atoms with Crippen molar-refractivity contribution in [1.29, 1.82) is 0 Å². The number of thiophene rings is 1. The standard InChI is InChI=1S/C13H11ClN4OS/c14-10-4-1-2-5-11(10)19-8-7-18-16-13(15-17-18)12-6-3-9-20-12/h1-6,9H,7-8H2. The summed E-state index contributed by atoms with van der Waals surface area (Å²) < 4.78 is 5.58. The zero-order chi connectivity index (χ0) is 13.8. The van der Waals surface area contributed by atoms with Gasteiger partial charge in [-0.3, -0.25) is 0 Å². The lowest BCUT2D eigenvalue weighted by Crippen LogP contribution is -2.11. The van der Waals surface area contributed by atoms with Gasteiger partial charge in [-0.15, -0.1) is 21.5 Å². The largest absolute Gasteiger partial charge is 0.490 e. The van der Waals surface area contributed by atoms with Crippen LogP contribution in [0.25, 0.3) is 10.7 Å².